The third kappa shape index (κ3) is 4.23. The highest BCUT2D eigenvalue weighted by atomic mass is 19.1. The highest BCUT2D eigenvalue weighted by Gasteiger charge is 2.15. The Balaban J connectivity index is 1.70. The summed E-state index contributed by atoms with van der Waals surface area (Å²) in [5, 5.41) is 0. The van der Waals surface area contributed by atoms with Gasteiger partial charge in [0.25, 0.3) is 0 Å². The monoisotopic (exact) mass is 368 g/mol. The second-order valence-corrected chi connectivity index (χ2v) is 5.83. The topological polar surface area (TPSA) is 65.7 Å². The van der Waals surface area contributed by atoms with E-state index < -0.39 is 11.8 Å². The zero-order chi connectivity index (χ0) is 19.4. The quantitative estimate of drug-likeness (QED) is 0.468. The number of hydrogen-bond acceptors (Lipinski definition) is 5. The smallest absolute Gasteiger partial charge is 0.374 e. The van der Waals surface area contributed by atoms with Gasteiger partial charge in [0.05, 0.1) is 7.11 Å². The molecular formula is C21H17FO5. The number of benzene rings is 2. The van der Waals surface area contributed by atoms with E-state index >= 15 is 0 Å². The zero-order valence-electron chi connectivity index (χ0n) is 14.8. The molecule has 5 nitrogen and oxygen atoms in total. The van der Waals surface area contributed by atoms with E-state index in [4.69, 9.17) is 13.9 Å². The van der Waals surface area contributed by atoms with Crippen LogP contribution in [0.4, 0.5) is 4.39 Å². The largest absolute Gasteiger partial charge is 0.496 e. The molecule has 27 heavy (non-hydrogen) atoms. The maximum Gasteiger partial charge on any atom is 0.374 e. The van der Waals surface area contributed by atoms with Gasteiger partial charge in [0.2, 0.25) is 5.76 Å². The van der Waals surface area contributed by atoms with Crippen molar-refractivity contribution in [2.75, 3.05) is 7.11 Å². The average molecular weight is 368 g/mol. The van der Waals surface area contributed by atoms with Gasteiger partial charge in [0.1, 0.15) is 23.9 Å². The minimum Gasteiger partial charge on any atom is -0.496 e. The lowest BCUT2D eigenvalue weighted by atomic mass is 10.1. The summed E-state index contributed by atoms with van der Waals surface area (Å²) in [5.41, 5.74) is 1.73. The number of rotatable bonds is 6. The molecule has 0 aliphatic rings. The van der Waals surface area contributed by atoms with Gasteiger partial charge in [-0.2, -0.15) is 0 Å². The third-order valence-electron chi connectivity index (χ3n) is 3.98. The molecule has 3 rings (SSSR count). The predicted molar refractivity (Wildman–Crippen MR) is 96.2 cm³/mol. The van der Waals surface area contributed by atoms with Gasteiger partial charge in [-0.25, -0.2) is 9.18 Å². The first-order valence-corrected chi connectivity index (χ1v) is 8.18. The van der Waals surface area contributed by atoms with E-state index in [2.05, 4.69) is 0 Å². The molecule has 0 amide bonds. The molecule has 0 saturated heterocycles. The van der Waals surface area contributed by atoms with Crippen LogP contribution < -0.4 is 4.74 Å². The number of furan rings is 1. The van der Waals surface area contributed by atoms with Crippen LogP contribution in [0.3, 0.4) is 0 Å². The predicted octanol–water partition coefficient (Wildman–Crippen LogP) is 4.65. The van der Waals surface area contributed by atoms with E-state index in [0.29, 0.717) is 22.6 Å². The van der Waals surface area contributed by atoms with Crippen LogP contribution in [0.1, 0.15) is 33.4 Å². The summed E-state index contributed by atoms with van der Waals surface area (Å²) >= 11 is 0. The summed E-state index contributed by atoms with van der Waals surface area (Å²) in [5.74, 6) is -0.228. The van der Waals surface area contributed by atoms with Gasteiger partial charge in [-0.3, -0.25) is 4.79 Å². The SMILES string of the molecule is COc1ccc(F)cc1COC(=O)c1ccc(-c2ccc(C(C)=O)cc2)o1. The van der Waals surface area contributed by atoms with E-state index in [1.54, 1.807) is 30.3 Å². The van der Waals surface area contributed by atoms with Gasteiger partial charge >= 0.3 is 5.97 Å². The highest BCUT2D eigenvalue weighted by Crippen LogP contribution is 2.24. The van der Waals surface area contributed by atoms with E-state index in [9.17, 15) is 14.0 Å². The molecule has 138 valence electrons. The Labute approximate surface area is 155 Å². The number of Topliss-reactive ketones (excluding diaryl/α,β-unsaturated/α-hetero) is 1. The number of halogens is 1. The van der Waals surface area contributed by atoms with Crippen molar-refractivity contribution < 1.29 is 27.9 Å². The number of ketones is 1. The van der Waals surface area contributed by atoms with Gasteiger partial charge in [-0.15, -0.1) is 0 Å². The standard InChI is InChI=1S/C21H17FO5/c1-13(23)14-3-5-15(6-4-14)19-9-10-20(27-19)21(24)26-12-16-11-17(22)7-8-18(16)25-2/h3-11H,12H2,1-2H3. The first-order valence-electron chi connectivity index (χ1n) is 8.18. The van der Waals surface area contributed by atoms with E-state index in [1.807, 2.05) is 0 Å². The Morgan fingerprint density at radius 1 is 1.04 bits per heavy atom. The number of esters is 1. The Bertz CT molecular complexity index is 972. The molecule has 1 heterocycles. The zero-order valence-corrected chi connectivity index (χ0v) is 14.8. The molecule has 0 radical (unpaired) electrons. The van der Waals surface area contributed by atoms with Crippen molar-refractivity contribution >= 4 is 11.8 Å². The molecule has 0 fully saturated rings. The second-order valence-electron chi connectivity index (χ2n) is 5.83. The van der Waals surface area contributed by atoms with Gasteiger partial charge in [0, 0.05) is 16.7 Å². The van der Waals surface area contributed by atoms with E-state index in [1.165, 1.54) is 38.3 Å². The number of ether oxygens (including phenoxy) is 2. The molecule has 3 aromatic rings. The number of carbonyl (C=O) groups excluding carboxylic acids is 2. The third-order valence-corrected chi connectivity index (χ3v) is 3.98. The van der Waals surface area contributed by atoms with Crippen LogP contribution in [0.2, 0.25) is 0 Å². The molecule has 0 spiro atoms. The fraction of sp³-hybridized carbons (Fsp3) is 0.143. The summed E-state index contributed by atoms with van der Waals surface area (Å²) in [4.78, 5) is 23.5. The summed E-state index contributed by atoms with van der Waals surface area (Å²) in [6, 6.07) is 14.0. The Morgan fingerprint density at radius 3 is 2.44 bits per heavy atom. The molecule has 1 aromatic heterocycles. The molecule has 2 aromatic carbocycles. The van der Waals surface area contributed by atoms with Crippen LogP contribution in [0, 0.1) is 5.82 Å². The van der Waals surface area contributed by atoms with Crippen molar-refractivity contribution in [1.82, 2.24) is 0 Å². The highest BCUT2D eigenvalue weighted by molar-refractivity contribution is 5.94. The maximum absolute atomic E-state index is 13.4. The minimum absolute atomic E-state index is 0.0241. The van der Waals surface area contributed by atoms with E-state index in [-0.39, 0.29) is 18.2 Å². The molecule has 0 unspecified atom stereocenters. The summed E-state index contributed by atoms with van der Waals surface area (Å²) in [6.07, 6.45) is 0. The van der Waals surface area contributed by atoms with Crippen LogP contribution in [0.25, 0.3) is 11.3 Å². The molecule has 6 heteroatoms. The second kappa shape index (κ2) is 7.86. The van der Waals surface area contributed by atoms with Crippen LogP contribution in [0.15, 0.2) is 59.0 Å². The minimum atomic E-state index is -0.673. The van der Waals surface area contributed by atoms with Crippen molar-refractivity contribution in [3.8, 4) is 17.1 Å². The first-order chi connectivity index (χ1) is 13.0. The molecule has 0 aliphatic carbocycles. The first kappa shape index (κ1) is 18.4. The van der Waals surface area contributed by atoms with Crippen molar-refractivity contribution in [3.05, 3.63) is 77.3 Å². The Morgan fingerprint density at radius 2 is 1.78 bits per heavy atom. The molecule has 0 N–H and O–H groups in total. The van der Waals surface area contributed by atoms with Crippen molar-refractivity contribution in [1.29, 1.82) is 0 Å². The van der Waals surface area contributed by atoms with Gasteiger partial charge < -0.3 is 13.9 Å². The average Bonchev–Trinajstić information content (AvgIpc) is 3.16. The molecule has 0 aliphatic heterocycles. The lowest BCUT2D eigenvalue weighted by Crippen LogP contribution is -2.05. The number of carbonyl (C=O) groups is 2. The van der Waals surface area contributed by atoms with Crippen molar-refractivity contribution in [2.24, 2.45) is 0 Å². The van der Waals surface area contributed by atoms with E-state index in [0.717, 1.165) is 5.56 Å². The summed E-state index contributed by atoms with van der Waals surface area (Å²) in [6.45, 7) is 1.34. The molecular weight excluding hydrogens is 351 g/mol. The molecule has 0 bridgehead atoms. The summed E-state index contributed by atoms with van der Waals surface area (Å²) < 4.78 is 29.2. The van der Waals surface area contributed by atoms with Crippen LogP contribution in [-0.4, -0.2) is 18.9 Å². The summed E-state index contributed by atoms with van der Waals surface area (Å²) in [7, 11) is 1.45. The lowest BCUT2D eigenvalue weighted by molar-refractivity contribution is 0.0434. The normalized spacial score (nSPS) is 10.5. The van der Waals surface area contributed by atoms with Crippen molar-refractivity contribution in [3.63, 3.8) is 0 Å². The lowest BCUT2D eigenvalue weighted by Gasteiger charge is -2.08. The number of methoxy groups -OCH3 is 1. The fourth-order valence-electron chi connectivity index (χ4n) is 2.55. The Hall–Kier alpha value is -3.41. The van der Waals surface area contributed by atoms with Gasteiger partial charge in [-0.1, -0.05) is 24.3 Å². The van der Waals surface area contributed by atoms with Gasteiger partial charge in [0.15, 0.2) is 5.78 Å². The maximum atomic E-state index is 13.4. The van der Waals surface area contributed by atoms with Gasteiger partial charge in [-0.05, 0) is 37.3 Å². The molecule has 0 saturated carbocycles. The van der Waals surface area contributed by atoms with Crippen LogP contribution in [-0.2, 0) is 11.3 Å². The fourth-order valence-corrected chi connectivity index (χ4v) is 2.55. The number of hydrogen-bond donors (Lipinski definition) is 0. The molecule has 0 atom stereocenters. The van der Waals surface area contributed by atoms with Crippen molar-refractivity contribution in [2.45, 2.75) is 13.5 Å². The van der Waals surface area contributed by atoms with Crippen LogP contribution >= 0.6 is 0 Å². The van der Waals surface area contributed by atoms with Crippen LogP contribution in [0.5, 0.6) is 5.75 Å². The Kier molecular flexibility index (Phi) is 5.35.